The molecule has 1 amide bonds. The Labute approximate surface area is 119 Å². The molecule has 2 N–H and O–H groups in total. The number of hydrogen-bond donors (Lipinski definition) is 2. The minimum atomic E-state index is -3.51. The van der Waals surface area contributed by atoms with Crippen LogP contribution >= 0.6 is 11.8 Å². The van der Waals surface area contributed by atoms with Gasteiger partial charge in [0, 0.05) is 6.26 Å². The van der Waals surface area contributed by atoms with E-state index < -0.39 is 27.5 Å². The Hall–Kier alpha value is -1.61. The van der Waals surface area contributed by atoms with Gasteiger partial charge in [-0.1, -0.05) is 0 Å². The molecule has 20 heavy (non-hydrogen) atoms. The Kier molecular flexibility index (Phi) is 5.52. The summed E-state index contributed by atoms with van der Waals surface area (Å²) in [7, 11) is -3.51. The number of aliphatic carboxylic acids is 1. The summed E-state index contributed by atoms with van der Waals surface area (Å²) in [6, 6.07) is 3.06. The highest BCUT2D eigenvalue weighted by Crippen LogP contribution is 2.19. The summed E-state index contributed by atoms with van der Waals surface area (Å²) in [4.78, 5) is 21.6. The number of sulfone groups is 1. The van der Waals surface area contributed by atoms with E-state index >= 15 is 0 Å². The number of carboxylic acids is 1. The predicted octanol–water partition coefficient (Wildman–Crippen LogP) is 0.986. The molecule has 0 saturated heterocycles. The number of nitrogens with one attached hydrogen (secondary N) is 1. The minimum Gasteiger partial charge on any atom is -0.481 e. The van der Waals surface area contributed by atoms with Crippen LogP contribution in [-0.4, -0.2) is 43.2 Å². The van der Waals surface area contributed by atoms with Crippen LogP contribution in [0.3, 0.4) is 0 Å². The van der Waals surface area contributed by atoms with Gasteiger partial charge < -0.3 is 10.4 Å². The van der Waals surface area contributed by atoms with Crippen LogP contribution < -0.4 is 5.32 Å². The van der Waals surface area contributed by atoms with E-state index in [9.17, 15) is 22.4 Å². The lowest BCUT2D eigenvalue weighted by molar-refractivity contribution is -0.133. The maximum Gasteiger partial charge on any atom is 0.313 e. The zero-order chi connectivity index (χ0) is 15.3. The Morgan fingerprint density at radius 1 is 1.35 bits per heavy atom. The van der Waals surface area contributed by atoms with Crippen LogP contribution in [0.4, 0.5) is 10.1 Å². The molecule has 0 fully saturated rings. The average Bonchev–Trinajstić information content (AvgIpc) is 2.30. The van der Waals surface area contributed by atoms with Crippen molar-refractivity contribution in [1.82, 2.24) is 0 Å². The molecule has 110 valence electrons. The number of anilines is 1. The Morgan fingerprint density at radius 3 is 2.55 bits per heavy atom. The number of amides is 1. The second-order valence-corrected chi connectivity index (χ2v) is 6.85. The number of carbonyl (C=O) groups is 2. The molecule has 1 aromatic carbocycles. The fraction of sp³-hybridized carbons (Fsp3) is 0.273. The van der Waals surface area contributed by atoms with Gasteiger partial charge in [0.1, 0.15) is 5.82 Å². The van der Waals surface area contributed by atoms with Crippen molar-refractivity contribution in [3.05, 3.63) is 24.0 Å². The third kappa shape index (κ3) is 5.17. The molecule has 0 aliphatic heterocycles. The van der Waals surface area contributed by atoms with Crippen molar-refractivity contribution in [1.29, 1.82) is 0 Å². The van der Waals surface area contributed by atoms with Crippen LogP contribution in [0.5, 0.6) is 0 Å². The van der Waals surface area contributed by atoms with E-state index in [4.69, 9.17) is 5.11 Å². The van der Waals surface area contributed by atoms with Crippen LogP contribution in [0.15, 0.2) is 23.1 Å². The summed E-state index contributed by atoms with van der Waals surface area (Å²) >= 11 is 0.852. The van der Waals surface area contributed by atoms with Gasteiger partial charge in [0.15, 0.2) is 9.84 Å². The van der Waals surface area contributed by atoms with E-state index in [0.717, 1.165) is 36.2 Å². The normalized spacial score (nSPS) is 11.1. The van der Waals surface area contributed by atoms with E-state index in [1.807, 2.05) is 0 Å². The number of benzene rings is 1. The molecular weight excluding hydrogens is 309 g/mol. The molecular formula is C11H12FNO5S2. The number of halogens is 1. The van der Waals surface area contributed by atoms with Gasteiger partial charge in [-0.25, -0.2) is 12.8 Å². The van der Waals surface area contributed by atoms with Crippen molar-refractivity contribution < 1.29 is 27.5 Å². The zero-order valence-electron chi connectivity index (χ0n) is 10.4. The number of rotatable bonds is 6. The monoisotopic (exact) mass is 321 g/mol. The Bertz CT molecular complexity index is 630. The van der Waals surface area contributed by atoms with Gasteiger partial charge in [-0.05, 0) is 18.2 Å². The first-order valence-corrected chi connectivity index (χ1v) is 8.34. The maximum absolute atomic E-state index is 13.5. The zero-order valence-corrected chi connectivity index (χ0v) is 12.1. The van der Waals surface area contributed by atoms with Crippen molar-refractivity contribution in [2.45, 2.75) is 4.90 Å². The van der Waals surface area contributed by atoms with Gasteiger partial charge in [-0.3, -0.25) is 9.59 Å². The maximum atomic E-state index is 13.5. The van der Waals surface area contributed by atoms with Gasteiger partial charge in [0.25, 0.3) is 0 Å². The first-order chi connectivity index (χ1) is 9.20. The molecule has 0 bridgehead atoms. The molecule has 1 rings (SSSR count). The first-order valence-electron chi connectivity index (χ1n) is 5.29. The molecule has 0 unspecified atom stereocenters. The van der Waals surface area contributed by atoms with E-state index in [0.29, 0.717) is 0 Å². The highest BCUT2D eigenvalue weighted by atomic mass is 32.2. The predicted molar refractivity (Wildman–Crippen MR) is 73.1 cm³/mol. The quantitative estimate of drug-likeness (QED) is 0.758. The van der Waals surface area contributed by atoms with Gasteiger partial charge in [-0.15, -0.1) is 11.8 Å². The van der Waals surface area contributed by atoms with Crippen molar-refractivity contribution in [2.24, 2.45) is 0 Å². The molecule has 0 radical (unpaired) electrons. The number of thioether (sulfide) groups is 1. The summed E-state index contributed by atoms with van der Waals surface area (Å²) in [6.07, 6.45) is 0.967. The molecule has 0 aliphatic rings. The summed E-state index contributed by atoms with van der Waals surface area (Å²) in [6.45, 7) is 0. The fourth-order valence-electron chi connectivity index (χ4n) is 1.25. The molecule has 0 atom stereocenters. The molecule has 0 saturated carbocycles. The highest BCUT2D eigenvalue weighted by molar-refractivity contribution is 8.00. The SMILES string of the molecule is CS(=O)(=O)c1ccc(F)c(NC(=O)CSCC(=O)O)c1. The van der Waals surface area contributed by atoms with Gasteiger partial charge in [-0.2, -0.15) is 0 Å². The van der Waals surface area contributed by atoms with Gasteiger partial charge in [0.2, 0.25) is 5.91 Å². The van der Waals surface area contributed by atoms with Gasteiger partial charge in [0.05, 0.1) is 22.1 Å². The van der Waals surface area contributed by atoms with E-state index in [-0.39, 0.29) is 22.1 Å². The third-order valence-electron chi connectivity index (χ3n) is 2.10. The molecule has 0 spiro atoms. The number of hydrogen-bond acceptors (Lipinski definition) is 5. The number of carboxylic acid groups (broad SMARTS) is 1. The van der Waals surface area contributed by atoms with Crippen molar-refractivity contribution in [3.63, 3.8) is 0 Å². The summed E-state index contributed by atoms with van der Waals surface area (Å²) in [5, 5.41) is 10.6. The highest BCUT2D eigenvalue weighted by Gasteiger charge is 2.13. The van der Waals surface area contributed by atoms with Crippen molar-refractivity contribution in [2.75, 3.05) is 23.1 Å². The Balaban J connectivity index is 2.77. The lowest BCUT2D eigenvalue weighted by Gasteiger charge is -2.07. The van der Waals surface area contributed by atoms with Crippen molar-refractivity contribution >= 4 is 39.2 Å². The van der Waals surface area contributed by atoms with Crippen LogP contribution in [0.1, 0.15) is 0 Å². The van der Waals surface area contributed by atoms with Gasteiger partial charge >= 0.3 is 5.97 Å². The summed E-state index contributed by atoms with van der Waals surface area (Å²) in [5.74, 6) is -2.86. The fourth-order valence-corrected chi connectivity index (χ4v) is 2.43. The number of carbonyl (C=O) groups excluding carboxylic acids is 1. The van der Waals surface area contributed by atoms with E-state index in [1.54, 1.807) is 0 Å². The van der Waals surface area contributed by atoms with Crippen molar-refractivity contribution in [3.8, 4) is 0 Å². The first kappa shape index (κ1) is 16.4. The van der Waals surface area contributed by atoms with Crippen LogP contribution in [0, 0.1) is 5.82 Å². The lowest BCUT2D eigenvalue weighted by atomic mass is 10.3. The third-order valence-corrected chi connectivity index (χ3v) is 4.13. The standard InChI is InChI=1S/C11H12FNO5S2/c1-20(17,18)7-2-3-8(12)9(4-7)13-10(14)5-19-6-11(15)16/h2-4H,5-6H2,1H3,(H,13,14)(H,15,16). The van der Waals surface area contributed by atoms with Crippen LogP contribution in [0.25, 0.3) is 0 Å². The topological polar surface area (TPSA) is 101 Å². The second-order valence-electron chi connectivity index (χ2n) is 3.85. The smallest absolute Gasteiger partial charge is 0.313 e. The summed E-state index contributed by atoms with van der Waals surface area (Å²) in [5.41, 5.74) is -0.256. The van der Waals surface area contributed by atoms with E-state index in [1.165, 1.54) is 0 Å². The largest absolute Gasteiger partial charge is 0.481 e. The van der Waals surface area contributed by atoms with E-state index in [2.05, 4.69) is 5.32 Å². The van der Waals surface area contributed by atoms with Crippen LogP contribution in [-0.2, 0) is 19.4 Å². The molecule has 0 heterocycles. The lowest BCUT2D eigenvalue weighted by Crippen LogP contribution is -2.16. The summed E-state index contributed by atoms with van der Waals surface area (Å²) < 4.78 is 36.1. The average molecular weight is 321 g/mol. The molecule has 1 aromatic rings. The van der Waals surface area contributed by atoms with Crippen LogP contribution in [0.2, 0.25) is 0 Å². The molecule has 0 aliphatic carbocycles. The Morgan fingerprint density at radius 2 is 2.00 bits per heavy atom. The molecule has 9 heteroatoms. The minimum absolute atomic E-state index is 0.118. The second kappa shape index (κ2) is 6.71. The molecule has 6 nitrogen and oxygen atoms in total. The molecule has 0 aromatic heterocycles.